The van der Waals surface area contributed by atoms with Crippen LogP contribution in [0, 0.1) is 5.82 Å². The molecule has 0 aromatic carbocycles. The summed E-state index contributed by atoms with van der Waals surface area (Å²) in [5.74, 6) is 1.88. The molecule has 0 aliphatic carbocycles. The summed E-state index contributed by atoms with van der Waals surface area (Å²) in [6.45, 7) is 0.992. The number of thioether (sulfide) groups is 1. The summed E-state index contributed by atoms with van der Waals surface area (Å²) < 4.78 is 15.2. The summed E-state index contributed by atoms with van der Waals surface area (Å²) >= 11 is 1.91. The molecule has 0 bridgehead atoms. The standard InChI is InChI=1S/C11H12FN3S/c12-8-2-1-4-15-6-9(14-11(8)15)10-7-16-5-3-13-10/h1-2,4,6,10,13H,3,5,7H2. The minimum Gasteiger partial charge on any atom is -0.307 e. The van der Waals surface area contributed by atoms with Crippen LogP contribution in [0.1, 0.15) is 11.7 Å². The highest BCUT2D eigenvalue weighted by Gasteiger charge is 2.18. The number of rotatable bonds is 1. The normalized spacial score (nSPS) is 21.4. The van der Waals surface area contributed by atoms with Crippen LogP contribution in [0.5, 0.6) is 0 Å². The van der Waals surface area contributed by atoms with Gasteiger partial charge in [0.1, 0.15) is 0 Å². The van der Waals surface area contributed by atoms with Gasteiger partial charge < -0.3 is 9.72 Å². The van der Waals surface area contributed by atoms with Gasteiger partial charge in [-0.3, -0.25) is 0 Å². The van der Waals surface area contributed by atoms with Crippen molar-refractivity contribution in [1.82, 2.24) is 14.7 Å². The Labute approximate surface area is 97.1 Å². The highest BCUT2D eigenvalue weighted by molar-refractivity contribution is 7.99. The lowest BCUT2D eigenvalue weighted by Crippen LogP contribution is -2.30. The van der Waals surface area contributed by atoms with Gasteiger partial charge in [-0.25, -0.2) is 9.37 Å². The van der Waals surface area contributed by atoms with Gasteiger partial charge in [0.15, 0.2) is 11.5 Å². The number of halogens is 1. The Morgan fingerprint density at radius 2 is 2.50 bits per heavy atom. The van der Waals surface area contributed by atoms with E-state index in [-0.39, 0.29) is 11.9 Å². The first-order chi connectivity index (χ1) is 7.84. The maximum atomic E-state index is 13.5. The third kappa shape index (κ3) is 1.70. The van der Waals surface area contributed by atoms with E-state index < -0.39 is 0 Å². The van der Waals surface area contributed by atoms with Crippen LogP contribution in [0.2, 0.25) is 0 Å². The first-order valence-electron chi connectivity index (χ1n) is 5.29. The minimum atomic E-state index is -0.266. The molecule has 1 aliphatic rings. The van der Waals surface area contributed by atoms with Gasteiger partial charge in [-0.15, -0.1) is 0 Å². The zero-order chi connectivity index (χ0) is 11.0. The minimum absolute atomic E-state index is 0.248. The van der Waals surface area contributed by atoms with E-state index in [1.54, 1.807) is 10.5 Å². The lowest BCUT2D eigenvalue weighted by atomic mass is 10.2. The van der Waals surface area contributed by atoms with Crippen LogP contribution in [-0.4, -0.2) is 27.4 Å². The first-order valence-corrected chi connectivity index (χ1v) is 6.44. The molecule has 1 aliphatic heterocycles. The Morgan fingerprint density at radius 1 is 1.56 bits per heavy atom. The van der Waals surface area contributed by atoms with Crippen molar-refractivity contribution in [2.75, 3.05) is 18.1 Å². The quantitative estimate of drug-likeness (QED) is 0.820. The topological polar surface area (TPSA) is 29.3 Å². The number of imidazole rings is 1. The number of hydrogen-bond acceptors (Lipinski definition) is 3. The molecule has 1 unspecified atom stereocenters. The van der Waals surface area contributed by atoms with Gasteiger partial charge in [0.05, 0.1) is 11.7 Å². The Hall–Kier alpha value is -1.07. The maximum Gasteiger partial charge on any atom is 0.173 e. The fraction of sp³-hybridized carbons (Fsp3) is 0.364. The summed E-state index contributed by atoms with van der Waals surface area (Å²) in [6, 6.07) is 3.38. The van der Waals surface area contributed by atoms with Gasteiger partial charge in [0.2, 0.25) is 0 Å². The third-order valence-corrected chi connectivity index (χ3v) is 3.79. The van der Waals surface area contributed by atoms with Gasteiger partial charge in [0, 0.05) is 30.4 Å². The number of nitrogens with zero attached hydrogens (tertiary/aromatic N) is 2. The van der Waals surface area contributed by atoms with Crippen molar-refractivity contribution in [3.05, 3.63) is 36.0 Å². The molecule has 3 nitrogen and oxygen atoms in total. The van der Waals surface area contributed by atoms with E-state index in [9.17, 15) is 4.39 Å². The van der Waals surface area contributed by atoms with Crippen molar-refractivity contribution in [3.63, 3.8) is 0 Å². The van der Waals surface area contributed by atoms with Crippen LogP contribution in [-0.2, 0) is 0 Å². The van der Waals surface area contributed by atoms with Crippen LogP contribution < -0.4 is 5.32 Å². The lowest BCUT2D eigenvalue weighted by molar-refractivity contribution is 0.582. The van der Waals surface area contributed by atoms with Gasteiger partial charge >= 0.3 is 0 Å². The van der Waals surface area contributed by atoms with Crippen molar-refractivity contribution in [2.24, 2.45) is 0 Å². The zero-order valence-electron chi connectivity index (χ0n) is 8.69. The van der Waals surface area contributed by atoms with Gasteiger partial charge in [-0.2, -0.15) is 11.8 Å². The largest absolute Gasteiger partial charge is 0.307 e. The van der Waals surface area contributed by atoms with Crippen molar-refractivity contribution in [2.45, 2.75) is 6.04 Å². The molecule has 16 heavy (non-hydrogen) atoms. The maximum absolute atomic E-state index is 13.5. The molecular weight excluding hydrogens is 225 g/mol. The predicted molar refractivity (Wildman–Crippen MR) is 63.2 cm³/mol. The monoisotopic (exact) mass is 237 g/mol. The summed E-state index contributed by atoms with van der Waals surface area (Å²) in [5, 5.41) is 3.40. The Bertz CT molecular complexity index is 505. The first kappa shape index (κ1) is 10.1. The van der Waals surface area contributed by atoms with E-state index >= 15 is 0 Å². The van der Waals surface area contributed by atoms with Crippen molar-refractivity contribution < 1.29 is 4.39 Å². The fourth-order valence-electron chi connectivity index (χ4n) is 1.92. The van der Waals surface area contributed by atoms with E-state index in [0.717, 1.165) is 23.7 Å². The molecular formula is C11H12FN3S. The molecule has 1 atom stereocenters. The molecule has 3 rings (SSSR count). The molecule has 2 aromatic rings. The smallest absolute Gasteiger partial charge is 0.173 e. The molecule has 5 heteroatoms. The molecule has 2 aromatic heterocycles. The summed E-state index contributed by atoms with van der Waals surface area (Å²) in [4.78, 5) is 4.35. The van der Waals surface area contributed by atoms with Crippen molar-refractivity contribution in [1.29, 1.82) is 0 Å². The third-order valence-electron chi connectivity index (χ3n) is 2.73. The molecule has 1 N–H and O–H groups in total. The van der Waals surface area contributed by atoms with Crippen LogP contribution in [0.4, 0.5) is 4.39 Å². The Kier molecular flexibility index (Phi) is 2.57. The number of nitrogens with one attached hydrogen (secondary N) is 1. The molecule has 1 fully saturated rings. The van der Waals surface area contributed by atoms with Gasteiger partial charge in [-0.1, -0.05) is 0 Å². The second-order valence-corrected chi connectivity index (χ2v) is 4.98. The van der Waals surface area contributed by atoms with E-state index in [4.69, 9.17) is 0 Å². The van der Waals surface area contributed by atoms with E-state index in [1.165, 1.54) is 6.07 Å². The van der Waals surface area contributed by atoms with Crippen molar-refractivity contribution >= 4 is 17.4 Å². The van der Waals surface area contributed by atoms with Crippen LogP contribution in [0.3, 0.4) is 0 Å². The number of pyridine rings is 1. The molecule has 3 heterocycles. The molecule has 0 amide bonds. The summed E-state index contributed by atoms with van der Waals surface area (Å²) in [6.07, 6.45) is 3.73. The van der Waals surface area contributed by atoms with Gasteiger partial charge in [-0.05, 0) is 12.1 Å². The summed E-state index contributed by atoms with van der Waals surface area (Å²) in [7, 11) is 0. The molecule has 0 saturated carbocycles. The highest BCUT2D eigenvalue weighted by Crippen LogP contribution is 2.22. The van der Waals surface area contributed by atoms with Crippen LogP contribution in [0.25, 0.3) is 5.65 Å². The zero-order valence-corrected chi connectivity index (χ0v) is 9.51. The Morgan fingerprint density at radius 3 is 3.25 bits per heavy atom. The molecule has 1 saturated heterocycles. The van der Waals surface area contributed by atoms with E-state index in [1.807, 2.05) is 24.2 Å². The van der Waals surface area contributed by atoms with Crippen LogP contribution >= 0.6 is 11.8 Å². The van der Waals surface area contributed by atoms with Crippen molar-refractivity contribution in [3.8, 4) is 0 Å². The average molecular weight is 237 g/mol. The highest BCUT2D eigenvalue weighted by atomic mass is 32.2. The average Bonchev–Trinajstić information content (AvgIpc) is 2.76. The molecule has 84 valence electrons. The Balaban J connectivity index is 2.01. The van der Waals surface area contributed by atoms with E-state index in [0.29, 0.717) is 5.65 Å². The molecule has 0 spiro atoms. The number of hydrogen-bond donors (Lipinski definition) is 1. The number of fused-ring (bicyclic) bond motifs is 1. The predicted octanol–water partition coefficient (Wildman–Crippen LogP) is 1.85. The SMILES string of the molecule is Fc1cccn2cc(C3CSCCN3)nc12. The fourth-order valence-corrected chi connectivity index (χ4v) is 2.87. The summed E-state index contributed by atoms with van der Waals surface area (Å²) in [5.41, 5.74) is 1.34. The van der Waals surface area contributed by atoms with E-state index in [2.05, 4.69) is 10.3 Å². The second-order valence-electron chi connectivity index (χ2n) is 3.83. The molecule has 0 radical (unpaired) electrons. The van der Waals surface area contributed by atoms with Crippen LogP contribution in [0.15, 0.2) is 24.5 Å². The number of aromatic nitrogens is 2. The second kappa shape index (κ2) is 4.07. The van der Waals surface area contributed by atoms with Gasteiger partial charge in [0.25, 0.3) is 0 Å². The lowest BCUT2D eigenvalue weighted by Gasteiger charge is -2.20.